The van der Waals surface area contributed by atoms with E-state index in [1.54, 1.807) is 31.4 Å². The van der Waals surface area contributed by atoms with Gasteiger partial charge in [-0.05, 0) is 42.0 Å². The Morgan fingerprint density at radius 1 is 1.14 bits per heavy atom. The minimum atomic E-state index is -3.78. The molecule has 0 aromatic heterocycles. The Balaban J connectivity index is 1.81. The average Bonchev–Trinajstić information content (AvgIpc) is 2.73. The summed E-state index contributed by atoms with van der Waals surface area (Å²) in [7, 11) is -2.19. The van der Waals surface area contributed by atoms with Gasteiger partial charge in [0.25, 0.3) is 10.0 Å². The number of sulfonamides is 1. The summed E-state index contributed by atoms with van der Waals surface area (Å²) in [5.74, 6) is 0.710. The Hall–Kier alpha value is -2.16. The first kappa shape index (κ1) is 20.6. The van der Waals surface area contributed by atoms with E-state index in [2.05, 4.69) is 24.1 Å². The highest BCUT2D eigenvalue weighted by molar-refractivity contribution is 7.91. The van der Waals surface area contributed by atoms with Gasteiger partial charge in [-0.25, -0.2) is 8.42 Å². The van der Waals surface area contributed by atoms with Crippen LogP contribution >= 0.6 is 12.6 Å². The van der Waals surface area contributed by atoms with Crippen molar-refractivity contribution < 1.29 is 17.9 Å². The van der Waals surface area contributed by atoms with Crippen LogP contribution in [0, 0.1) is 0 Å². The topological polar surface area (TPSA) is 59.1 Å². The third-order valence-electron chi connectivity index (χ3n) is 4.57. The molecular formula is C20H24N2O4S2. The van der Waals surface area contributed by atoms with Gasteiger partial charge in [0.1, 0.15) is 5.75 Å². The molecule has 8 heteroatoms. The van der Waals surface area contributed by atoms with Crippen molar-refractivity contribution in [2.75, 3.05) is 38.3 Å². The molecule has 6 nitrogen and oxygen atoms in total. The van der Waals surface area contributed by atoms with Gasteiger partial charge in [0.15, 0.2) is 0 Å². The number of morpholine rings is 1. The largest absolute Gasteiger partial charge is 0.497 e. The molecule has 1 fully saturated rings. The fraction of sp³-hybridized carbons (Fsp3) is 0.300. The van der Waals surface area contributed by atoms with Crippen molar-refractivity contribution in [3.8, 4) is 5.75 Å². The smallest absolute Gasteiger partial charge is 0.264 e. The van der Waals surface area contributed by atoms with Crippen molar-refractivity contribution in [2.24, 2.45) is 0 Å². The van der Waals surface area contributed by atoms with Crippen LogP contribution in [0.5, 0.6) is 5.75 Å². The molecule has 0 amide bonds. The summed E-state index contributed by atoms with van der Waals surface area (Å²) in [6.07, 6.45) is 0. The number of hydrogen-bond donors (Lipinski definition) is 1. The number of methoxy groups -OCH3 is 1. The van der Waals surface area contributed by atoms with Crippen molar-refractivity contribution in [2.45, 2.75) is 11.4 Å². The third kappa shape index (κ3) is 4.63. The predicted octanol–water partition coefficient (Wildman–Crippen LogP) is 3.12. The molecule has 2 aromatic carbocycles. The van der Waals surface area contributed by atoms with Gasteiger partial charge in [-0.2, -0.15) is 0 Å². The zero-order valence-electron chi connectivity index (χ0n) is 15.7. The van der Waals surface area contributed by atoms with Gasteiger partial charge in [0.2, 0.25) is 0 Å². The van der Waals surface area contributed by atoms with E-state index in [0.717, 1.165) is 24.3 Å². The number of thiol groups is 1. The summed E-state index contributed by atoms with van der Waals surface area (Å²) in [5, 5.41) is 0.160. The van der Waals surface area contributed by atoms with Gasteiger partial charge in [-0.3, -0.25) is 4.31 Å². The fourth-order valence-corrected chi connectivity index (χ4v) is 4.71. The van der Waals surface area contributed by atoms with Gasteiger partial charge in [-0.1, -0.05) is 18.7 Å². The maximum Gasteiger partial charge on any atom is 0.264 e. The molecule has 28 heavy (non-hydrogen) atoms. The van der Waals surface area contributed by atoms with Gasteiger partial charge in [0.05, 0.1) is 36.8 Å². The Labute approximate surface area is 171 Å². The Morgan fingerprint density at radius 2 is 1.75 bits per heavy atom. The van der Waals surface area contributed by atoms with E-state index in [0.29, 0.717) is 19.0 Å². The summed E-state index contributed by atoms with van der Waals surface area (Å²) in [6.45, 7) is 6.81. The second-order valence-electron chi connectivity index (χ2n) is 6.37. The fourth-order valence-electron chi connectivity index (χ4n) is 2.99. The summed E-state index contributed by atoms with van der Waals surface area (Å²) in [4.78, 5) is 2.38. The lowest BCUT2D eigenvalue weighted by Crippen LogP contribution is -2.36. The van der Waals surface area contributed by atoms with Crippen molar-refractivity contribution in [1.29, 1.82) is 0 Å². The van der Waals surface area contributed by atoms with Crippen molar-refractivity contribution in [3.63, 3.8) is 0 Å². The molecule has 3 rings (SSSR count). The molecule has 0 spiro atoms. The van der Waals surface area contributed by atoms with E-state index in [1.807, 2.05) is 24.3 Å². The van der Waals surface area contributed by atoms with Gasteiger partial charge >= 0.3 is 0 Å². The van der Waals surface area contributed by atoms with E-state index in [1.165, 1.54) is 4.31 Å². The van der Waals surface area contributed by atoms with Crippen LogP contribution in [-0.2, 0) is 21.3 Å². The molecule has 0 unspecified atom stereocenters. The maximum atomic E-state index is 13.1. The molecule has 0 radical (unpaired) electrons. The number of nitrogens with zero attached hydrogens (tertiary/aromatic N) is 2. The summed E-state index contributed by atoms with van der Waals surface area (Å²) < 4.78 is 38.0. The van der Waals surface area contributed by atoms with Crippen molar-refractivity contribution >= 4 is 28.3 Å². The lowest BCUT2D eigenvalue weighted by molar-refractivity contribution is 0.122. The summed E-state index contributed by atoms with van der Waals surface area (Å²) in [6, 6.07) is 14.1. The van der Waals surface area contributed by atoms with E-state index in [9.17, 15) is 8.42 Å². The normalized spacial score (nSPS) is 14.6. The minimum absolute atomic E-state index is 0.139. The molecule has 2 aromatic rings. The first-order chi connectivity index (χ1) is 13.4. The number of hydrogen-bond acceptors (Lipinski definition) is 6. The molecule has 1 aliphatic rings. The number of benzene rings is 2. The van der Waals surface area contributed by atoms with Crippen LogP contribution in [0.4, 0.5) is 5.69 Å². The number of ether oxygens (including phenoxy) is 2. The van der Waals surface area contributed by atoms with Crippen molar-refractivity contribution in [3.05, 3.63) is 65.7 Å². The van der Waals surface area contributed by atoms with Gasteiger partial charge < -0.3 is 14.4 Å². The van der Waals surface area contributed by atoms with E-state index in [-0.39, 0.29) is 16.5 Å². The monoisotopic (exact) mass is 420 g/mol. The van der Waals surface area contributed by atoms with E-state index >= 15 is 0 Å². The SMILES string of the molecule is C=C(S)N(Cc1ccc(OC)cc1)S(=O)(=O)c1ccc(N2CCOCC2)cc1. The molecule has 0 atom stereocenters. The Bertz CT molecular complexity index is 906. The highest BCUT2D eigenvalue weighted by Crippen LogP contribution is 2.26. The zero-order chi connectivity index (χ0) is 20.1. The maximum absolute atomic E-state index is 13.1. The summed E-state index contributed by atoms with van der Waals surface area (Å²) >= 11 is 4.21. The molecule has 1 saturated heterocycles. The van der Waals surface area contributed by atoms with E-state index < -0.39 is 10.0 Å². The van der Waals surface area contributed by atoms with Crippen molar-refractivity contribution in [1.82, 2.24) is 4.31 Å². The standard InChI is InChI=1S/C20H24N2O4S2/c1-16(27)22(15-17-3-7-19(25-2)8-4-17)28(23,24)20-9-5-18(6-10-20)21-11-13-26-14-12-21/h3-10,27H,1,11-15H2,2H3. The van der Waals surface area contributed by atoms with E-state index in [4.69, 9.17) is 9.47 Å². The van der Waals surface area contributed by atoms with Crippen LogP contribution in [0.1, 0.15) is 5.56 Å². The molecule has 1 heterocycles. The first-order valence-corrected chi connectivity index (χ1v) is 10.8. The quantitative estimate of drug-likeness (QED) is 0.698. The van der Waals surface area contributed by atoms with Gasteiger partial charge in [-0.15, -0.1) is 12.6 Å². The highest BCUT2D eigenvalue weighted by atomic mass is 32.2. The second kappa shape index (κ2) is 8.89. The first-order valence-electron chi connectivity index (χ1n) is 8.88. The molecule has 0 N–H and O–H groups in total. The Kier molecular flexibility index (Phi) is 6.53. The molecule has 0 bridgehead atoms. The van der Waals surface area contributed by atoms with Crippen LogP contribution in [0.25, 0.3) is 0 Å². The molecule has 150 valence electrons. The molecule has 1 aliphatic heterocycles. The van der Waals surface area contributed by atoms with Crippen LogP contribution < -0.4 is 9.64 Å². The lowest BCUT2D eigenvalue weighted by Gasteiger charge is -2.29. The molecule has 0 aliphatic carbocycles. The van der Waals surface area contributed by atoms with Crippen LogP contribution in [0.15, 0.2) is 65.0 Å². The van der Waals surface area contributed by atoms with Crippen LogP contribution in [0.2, 0.25) is 0 Å². The highest BCUT2D eigenvalue weighted by Gasteiger charge is 2.25. The predicted molar refractivity (Wildman–Crippen MR) is 113 cm³/mol. The van der Waals surface area contributed by atoms with Gasteiger partial charge in [0, 0.05) is 18.8 Å². The Morgan fingerprint density at radius 3 is 2.29 bits per heavy atom. The summed E-state index contributed by atoms with van der Waals surface area (Å²) in [5.41, 5.74) is 1.79. The van der Waals surface area contributed by atoms with Crippen LogP contribution in [0.3, 0.4) is 0 Å². The lowest BCUT2D eigenvalue weighted by atomic mass is 10.2. The molecule has 0 saturated carbocycles. The number of anilines is 1. The zero-order valence-corrected chi connectivity index (χ0v) is 17.5. The average molecular weight is 421 g/mol. The second-order valence-corrected chi connectivity index (χ2v) is 8.75. The third-order valence-corrected chi connectivity index (χ3v) is 6.75. The number of rotatable bonds is 7. The minimum Gasteiger partial charge on any atom is -0.497 e. The molecular weight excluding hydrogens is 396 g/mol. The van der Waals surface area contributed by atoms with Crippen LogP contribution in [-0.4, -0.2) is 46.1 Å².